The molecule has 28 heteroatoms. The highest BCUT2D eigenvalue weighted by Crippen LogP contribution is 2.48. The van der Waals surface area contributed by atoms with Crippen LogP contribution in [0.25, 0.3) is 25.6 Å². The smallest absolute Gasteiger partial charge is 0.295 e. The molecule has 0 radical (unpaired) electrons. The molecule has 0 saturated heterocycles. The summed E-state index contributed by atoms with van der Waals surface area (Å²) in [6.07, 6.45) is 0.873. The van der Waals surface area contributed by atoms with Gasteiger partial charge in [-0.3, -0.25) is 18.6 Å². The lowest BCUT2D eigenvalue weighted by Crippen LogP contribution is -2.19. The first-order valence-corrected chi connectivity index (χ1v) is 30.6. The van der Waals surface area contributed by atoms with Gasteiger partial charge in [-0.05, 0) is 128 Å². The van der Waals surface area contributed by atoms with Crippen LogP contribution >= 0.6 is 34.7 Å². The Morgan fingerprint density at radius 1 is 0.756 bits per heavy atom. The van der Waals surface area contributed by atoms with E-state index in [0.717, 1.165) is 23.4 Å². The Hall–Kier alpha value is -6.33. The highest BCUT2D eigenvalue weighted by atomic mass is 32.2. The Labute approximate surface area is 462 Å². The van der Waals surface area contributed by atoms with Gasteiger partial charge in [0.2, 0.25) is 5.13 Å². The van der Waals surface area contributed by atoms with Gasteiger partial charge in [0.1, 0.15) is 32.9 Å². The SMILES string of the molecule is CCc1cc(C)c(S(=O)(=O)O)c(CC)c1Nc1nc(N(c2nc3ccc(S(=O)(=O)O)cc3s2)c2c(CC)cc(C)c(S(=O)(=O)O)c2CC)cc(C)c1N=Nc1c(C#N)c(C(C)(C)C)nn1-c1nc2ccc(SOOO)cc2s1. The Morgan fingerprint density at radius 2 is 1.37 bits per heavy atom. The van der Waals surface area contributed by atoms with Crippen LogP contribution in [0.2, 0.25) is 0 Å². The maximum atomic E-state index is 13.3. The minimum Gasteiger partial charge on any atom is -0.338 e. The number of benzene rings is 4. The standard InChI is InChI=1S/C50H52N10O12S6/c1-11-28-19-26(6)43(77(65,66)67)32(13-3)41(28)55-46-40(56-57-47-34(24-51)45(50(8,9)10)58-60(47)49-53-35-17-15-30(75-72-71-61)22-37(35)74-49)25(5)21-39(54-46)59(48-52-36-18-16-31(76(62,63)64)23-38(36)73-48)42-29(12-2)20-27(7)44(33(42)14-4)78(68,69)70/h15-23,61H,11-14H2,1-10H3,(H,54,55)(H,62,63,64)(H,65,66,67)(H,68,69,70). The summed E-state index contributed by atoms with van der Waals surface area (Å²) < 4.78 is 116. The third kappa shape index (κ3) is 11.3. The molecule has 78 heavy (non-hydrogen) atoms. The average Bonchev–Trinajstić information content (AvgIpc) is 4.12. The Bertz CT molecular complexity index is 4140. The van der Waals surface area contributed by atoms with Gasteiger partial charge in [0.15, 0.2) is 16.8 Å². The van der Waals surface area contributed by atoms with Gasteiger partial charge in [0, 0.05) is 16.0 Å². The molecule has 4 aromatic carbocycles. The average molecular weight is 1180 g/mol. The first kappa shape index (κ1) is 57.8. The number of rotatable bonds is 18. The van der Waals surface area contributed by atoms with Crippen molar-refractivity contribution >= 4 is 125 Å². The molecule has 0 bridgehead atoms. The number of hydrogen-bond donors (Lipinski definition) is 5. The maximum Gasteiger partial charge on any atom is 0.295 e. The molecule has 0 unspecified atom stereocenters. The molecule has 0 aliphatic carbocycles. The van der Waals surface area contributed by atoms with Gasteiger partial charge < -0.3 is 5.32 Å². The van der Waals surface area contributed by atoms with E-state index >= 15 is 0 Å². The molecule has 0 aliphatic rings. The summed E-state index contributed by atoms with van der Waals surface area (Å²) in [6.45, 7) is 17.7. The number of aryl methyl sites for hydroxylation is 5. The number of aromatic nitrogens is 5. The van der Waals surface area contributed by atoms with Crippen molar-refractivity contribution in [1.29, 1.82) is 5.26 Å². The highest BCUT2D eigenvalue weighted by molar-refractivity contribution is 7.94. The topological polar surface area (TPSA) is 322 Å². The van der Waals surface area contributed by atoms with E-state index in [1.165, 1.54) is 34.2 Å². The summed E-state index contributed by atoms with van der Waals surface area (Å²) in [5, 5.41) is 41.6. The lowest BCUT2D eigenvalue weighted by Gasteiger charge is -2.29. The van der Waals surface area contributed by atoms with Crippen LogP contribution in [0.1, 0.15) is 98.7 Å². The van der Waals surface area contributed by atoms with Crippen LogP contribution in [-0.2, 0) is 70.8 Å². The third-order valence-electron chi connectivity index (χ3n) is 12.6. The molecule has 0 aliphatic heterocycles. The van der Waals surface area contributed by atoms with Crippen molar-refractivity contribution in [2.24, 2.45) is 10.2 Å². The molecule has 5 N–H and O–H groups in total. The number of anilines is 5. The lowest BCUT2D eigenvalue weighted by atomic mass is 9.90. The predicted molar refractivity (Wildman–Crippen MR) is 298 cm³/mol. The molecular formula is C50H52N10O12S6. The van der Waals surface area contributed by atoms with Crippen molar-refractivity contribution in [2.75, 3.05) is 10.2 Å². The lowest BCUT2D eigenvalue weighted by molar-refractivity contribution is -0.432. The largest absolute Gasteiger partial charge is 0.338 e. The first-order chi connectivity index (χ1) is 36.7. The molecule has 0 spiro atoms. The minimum absolute atomic E-state index is 0.00653. The van der Waals surface area contributed by atoms with E-state index in [9.17, 15) is 44.2 Å². The van der Waals surface area contributed by atoms with Crippen molar-refractivity contribution in [3.8, 4) is 11.2 Å². The molecular weight excluding hydrogens is 1130 g/mol. The van der Waals surface area contributed by atoms with Crippen LogP contribution in [-0.4, -0.2) is 68.9 Å². The normalized spacial score (nSPS) is 12.6. The van der Waals surface area contributed by atoms with Gasteiger partial charge >= 0.3 is 0 Å². The number of nitrogens with zero attached hydrogens (tertiary/aromatic N) is 9. The monoisotopic (exact) mass is 1180 g/mol. The minimum atomic E-state index is -4.87. The fourth-order valence-electron chi connectivity index (χ4n) is 9.25. The molecule has 8 aromatic rings. The van der Waals surface area contributed by atoms with Gasteiger partial charge in [-0.1, -0.05) is 88.3 Å². The predicted octanol–water partition coefficient (Wildman–Crippen LogP) is 12.6. The van der Waals surface area contributed by atoms with Gasteiger partial charge in [0.25, 0.3) is 30.4 Å². The zero-order valence-electron chi connectivity index (χ0n) is 43.6. The second-order valence-corrected chi connectivity index (χ2v) is 25.8. The Morgan fingerprint density at radius 3 is 1.96 bits per heavy atom. The van der Waals surface area contributed by atoms with Crippen molar-refractivity contribution in [2.45, 2.75) is 120 Å². The van der Waals surface area contributed by atoms with E-state index in [2.05, 4.69) is 20.8 Å². The molecule has 22 nitrogen and oxygen atoms in total. The molecule has 0 atom stereocenters. The number of nitrogens with one attached hydrogen (secondary N) is 1. The summed E-state index contributed by atoms with van der Waals surface area (Å²) in [5.74, 6) is 0.0328. The van der Waals surface area contributed by atoms with E-state index < -0.39 is 40.7 Å². The molecule has 4 aromatic heterocycles. The molecule has 4 heterocycles. The molecule has 8 rings (SSSR count). The van der Waals surface area contributed by atoms with E-state index in [0.29, 0.717) is 71.2 Å². The first-order valence-electron chi connectivity index (χ1n) is 23.9. The van der Waals surface area contributed by atoms with Crippen LogP contribution in [0, 0.1) is 32.1 Å². The van der Waals surface area contributed by atoms with Crippen molar-refractivity contribution in [3.63, 3.8) is 0 Å². The fourth-order valence-corrected chi connectivity index (χ4v) is 14.3. The summed E-state index contributed by atoms with van der Waals surface area (Å²) >= 11 is 2.99. The molecule has 0 fully saturated rings. The van der Waals surface area contributed by atoms with Crippen LogP contribution in [0.5, 0.6) is 0 Å². The van der Waals surface area contributed by atoms with E-state index in [-0.39, 0.29) is 84.5 Å². The summed E-state index contributed by atoms with van der Waals surface area (Å²) in [6, 6.07) is 16.2. The number of hydrogen-bond acceptors (Lipinski definition) is 21. The number of azo groups is 1. The summed E-state index contributed by atoms with van der Waals surface area (Å²) in [7, 11) is -14.3. The van der Waals surface area contributed by atoms with Crippen LogP contribution in [0.15, 0.2) is 84.4 Å². The van der Waals surface area contributed by atoms with Gasteiger partial charge in [-0.25, -0.2) is 20.2 Å². The van der Waals surface area contributed by atoms with E-state index in [4.69, 9.17) is 35.5 Å². The number of fused-ring (bicyclic) bond motifs is 2. The summed E-state index contributed by atoms with van der Waals surface area (Å²) in [4.78, 5) is 16.0. The molecule has 0 saturated carbocycles. The molecule has 0 amide bonds. The zero-order chi connectivity index (χ0) is 57.0. The Kier molecular flexibility index (Phi) is 16.4. The van der Waals surface area contributed by atoms with Crippen LogP contribution < -0.4 is 10.2 Å². The van der Waals surface area contributed by atoms with Crippen molar-refractivity contribution in [1.82, 2.24) is 24.7 Å². The zero-order valence-corrected chi connectivity index (χ0v) is 48.5. The van der Waals surface area contributed by atoms with Crippen molar-refractivity contribution in [3.05, 3.63) is 105 Å². The number of pyridine rings is 1. The van der Waals surface area contributed by atoms with E-state index in [1.807, 2.05) is 34.6 Å². The second kappa shape index (κ2) is 22.1. The molecule has 410 valence electrons. The van der Waals surface area contributed by atoms with Gasteiger partial charge in [0.05, 0.1) is 48.8 Å². The number of nitriles is 1. The van der Waals surface area contributed by atoms with E-state index in [1.54, 1.807) is 75.9 Å². The maximum absolute atomic E-state index is 13.3. The van der Waals surface area contributed by atoms with Gasteiger partial charge in [-0.2, -0.15) is 40.3 Å². The third-order valence-corrected chi connectivity index (χ3v) is 18.2. The quantitative estimate of drug-likeness (QED) is 0.0175. The fraction of sp³-hybridized carbons (Fsp3) is 0.300. The highest BCUT2D eigenvalue weighted by Gasteiger charge is 2.33. The van der Waals surface area contributed by atoms with Crippen molar-refractivity contribution < 1.29 is 53.5 Å². The number of thiazole rings is 2. The summed E-state index contributed by atoms with van der Waals surface area (Å²) in [5.41, 5.74) is 3.85. The Balaban J connectivity index is 1.47. The second-order valence-electron chi connectivity index (χ2n) is 18.8. The van der Waals surface area contributed by atoms with Crippen LogP contribution in [0.3, 0.4) is 0 Å². The van der Waals surface area contributed by atoms with Gasteiger partial charge in [-0.15, -0.1) is 14.6 Å². The van der Waals surface area contributed by atoms with Crippen LogP contribution in [0.4, 0.5) is 39.6 Å².